The Morgan fingerprint density at radius 1 is 1.10 bits per heavy atom. The predicted octanol–water partition coefficient (Wildman–Crippen LogP) is 1.04. The van der Waals surface area contributed by atoms with Crippen LogP contribution in [0.3, 0.4) is 0 Å². The molecule has 3 aromatic rings. The highest BCUT2D eigenvalue weighted by Gasteiger charge is 2.26. The molecule has 1 aliphatic carbocycles. The standard InChI is InChI=1S/C20H23N7O3/c1-12-9-13(2)26(24-12)17-7-8-19(29)27(25-17)15-5-3-14(4-6-15)23-20(30)16-10-18(28)22-11-21-16/h7-11,14-15H,3-6H2,1-2H3,(H,23,30)(H,21,22,28). The second kappa shape index (κ2) is 8.05. The zero-order valence-corrected chi connectivity index (χ0v) is 16.8. The third-order valence-corrected chi connectivity index (χ3v) is 5.33. The molecule has 0 aliphatic heterocycles. The molecule has 0 unspecified atom stereocenters. The van der Waals surface area contributed by atoms with Crippen LogP contribution in [0, 0.1) is 13.8 Å². The summed E-state index contributed by atoms with van der Waals surface area (Å²) in [6.45, 7) is 3.86. The number of aryl methyl sites for hydroxylation is 2. The van der Waals surface area contributed by atoms with E-state index in [0.717, 1.165) is 11.4 Å². The number of aromatic amines is 1. The SMILES string of the molecule is Cc1cc(C)n(-c2ccc(=O)n(C3CCC(NC(=O)c4cc(=O)[nH]cn4)CC3)n2)n1. The van der Waals surface area contributed by atoms with Gasteiger partial charge in [-0.25, -0.2) is 14.3 Å². The van der Waals surface area contributed by atoms with E-state index in [0.29, 0.717) is 31.5 Å². The third-order valence-electron chi connectivity index (χ3n) is 5.33. The normalized spacial score (nSPS) is 18.9. The van der Waals surface area contributed by atoms with Gasteiger partial charge in [-0.05, 0) is 51.7 Å². The van der Waals surface area contributed by atoms with Crippen LogP contribution in [0.1, 0.15) is 53.6 Å². The molecule has 1 saturated carbocycles. The number of nitrogens with zero attached hydrogens (tertiary/aromatic N) is 5. The predicted molar refractivity (Wildman–Crippen MR) is 109 cm³/mol. The van der Waals surface area contributed by atoms with E-state index in [1.807, 2.05) is 19.9 Å². The van der Waals surface area contributed by atoms with Gasteiger partial charge in [0.1, 0.15) is 5.69 Å². The number of hydrogen-bond acceptors (Lipinski definition) is 6. The van der Waals surface area contributed by atoms with Crippen molar-refractivity contribution < 1.29 is 4.79 Å². The molecule has 10 nitrogen and oxygen atoms in total. The minimum absolute atomic E-state index is 0.0373. The van der Waals surface area contributed by atoms with Crippen molar-refractivity contribution in [2.24, 2.45) is 0 Å². The molecule has 0 radical (unpaired) electrons. The van der Waals surface area contributed by atoms with E-state index in [2.05, 4.69) is 25.5 Å². The van der Waals surface area contributed by atoms with Gasteiger partial charge in [-0.15, -0.1) is 5.10 Å². The fourth-order valence-electron chi connectivity index (χ4n) is 3.87. The molecule has 156 valence electrons. The largest absolute Gasteiger partial charge is 0.348 e. The van der Waals surface area contributed by atoms with E-state index < -0.39 is 0 Å². The molecular weight excluding hydrogens is 386 g/mol. The molecule has 1 amide bonds. The van der Waals surface area contributed by atoms with Gasteiger partial charge in [0.05, 0.1) is 18.1 Å². The van der Waals surface area contributed by atoms with Crippen molar-refractivity contribution in [2.45, 2.75) is 51.6 Å². The van der Waals surface area contributed by atoms with Crippen LogP contribution in [0.2, 0.25) is 0 Å². The quantitative estimate of drug-likeness (QED) is 0.663. The fourth-order valence-corrected chi connectivity index (χ4v) is 3.87. The molecule has 4 rings (SSSR count). The van der Waals surface area contributed by atoms with Crippen molar-refractivity contribution in [3.8, 4) is 5.82 Å². The van der Waals surface area contributed by atoms with Gasteiger partial charge in [0.15, 0.2) is 5.82 Å². The minimum Gasteiger partial charge on any atom is -0.348 e. The molecule has 2 N–H and O–H groups in total. The Labute approximate surface area is 172 Å². The summed E-state index contributed by atoms with van der Waals surface area (Å²) in [4.78, 5) is 42.4. The number of rotatable bonds is 4. The monoisotopic (exact) mass is 409 g/mol. The van der Waals surface area contributed by atoms with Crippen molar-refractivity contribution in [1.29, 1.82) is 0 Å². The lowest BCUT2D eigenvalue weighted by molar-refractivity contribution is 0.0916. The van der Waals surface area contributed by atoms with Crippen LogP contribution >= 0.6 is 0 Å². The van der Waals surface area contributed by atoms with Gasteiger partial charge in [-0.1, -0.05) is 0 Å². The van der Waals surface area contributed by atoms with E-state index in [1.54, 1.807) is 10.7 Å². The molecule has 30 heavy (non-hydrogen) atoms. The maximum Gasteiger partial charge on any atom is 0.270 e. The summed E-state index contributed by atoms with van der Waals surface area (Å²) in [7, 11) is 0. The lowest BCUT2D eigenvalue weighted by Crippen LogP contribution is -2.40. The van der Waals surface area contributed by atoms with Crippen molar-refractivity contribution in [3.63, 3.8) is 0 Å². The Balaban J connectivity index is 1.44. The number of carbonyl (C=O) groups is 1. The van der Waals surface area contributed by atoms with Crippen LogP contribution in [0.15, 0.2) is 40.2 Å². The number of amides is 1. The second-order valence-electron chi connectivity index (χ2n) is 7.59. The molecule has 3 heterocycles. The summed E-state index contributed by atoms with van der Waals surface area (Å²) in [5.74, 6) is 0.238. The summed E-state index contributed by atoms with van der Waals surface area (Å²) in [5, 5.41) is 11.9. The van der Waals surface area contributed by atoms with Crippen molar-refractivity contribution in [1.82, 2.24) is 34.8 Å². The maximum atomic E-state index is 12.4. The lowest BCUT2D eigenvalue weighted by atomic mass is 9.91. The van der Waals surface area contributed by atoms with Crippen molar-refractivity contribution >= 4 is 5.91 Å². The van der Waals surface area contributed by atoms with E-state index in [-0.39, 0.29) is 34.8 Å². The Bertz CT molecular complexity index is 1190. The van der Waals surface area contributed by atoms with Crippen LogP contribution in [-0.2, 0) is 0 Å². The summed E-state index contributed by atoms with van der Waals surface area (Å²) >= 11 is 0. The Hall–Kier alpha value is -3.56. The summed E-state index contributed by atoms with van der Waals surface area (Å²) in [6, 6.07) is 6.25. The van der Waals surface area contributed by atoms with Gasteiger partial charge >= 0.3 is 0 Å². The first kappa shape index (κ1) is 19.7. The first-order chi connectivity index (χ1) is 14.4. The molecular formula is C20H23N7O3. The molecule has 3 aromatic heterocycles. The Kier molecular flexibility index (Phi) is 5.30. The fraction of sp³-hybridized carbons (Fsp3) is 0.400. The first-order valence-corrected chi connectivity index (χ1v) is 9.90. The zero-order chi connectivity index (χ0) is 21.3. The van der Waals surface area contributed by atoms with Crippen LogP contribution in [-0.4, -0.2) is 41.5 Å². The topological polar surface area (TPSA) is 128 Å². The van der Waals surface area contributed by atoms with Gasteiger partial charge in [-0.2, -0.15) is 5.10 Å². The average molecular weight is 409 g/mol. The summed E-state index contributed by atoms with van der Waals surface area (Å²) in [5.41, 5.74) is 1.41. The highest BCUT2D eigenvalue weighted by molar-refractivity contribution is 5.92. The van der Waals surface area contributed by atoms with E-state index >= 15 is 0 Å². The number of nitrogens with one attached hydrogen (secondary N) is 2. The Morgan fingerprint density at radius 3 is 2.53 bits per heavy atom. The van der Waals surface area contributed by atoms with Crippen LogP contribution in [0.25, 0.3) is 5.82 Å². The molecule has 1 aliphatic rings. The van der Waals surface area contributed by atoms with Gasteiger partial charge in [0.2, 0.25) is 0 Å². The van der Waals surface area contributed by atoms with Crippen LogP contribution < -0.4 is 16.4 Å². The zero-order valence-electron chi connectivity index (χ0n) is 16.8. The molecule has 10 heteroatoms. The average Bonchev–Trinajstić information content (AvgIpc) is 3.07. The van der Waals surface area contributed by atoms with Crippen molar-refractivity contribution in [3.05, 3.63) is 68.4 Å². The smallest absolute Gasteiger partial charge is 0.270 e. The van der Waals surface area contributed by atoms with Gasteiger partial charge in [-0.3, -0.25) is 14.4 Å². The number of aromatic nitrogens is 6. The minimum atomic E-state index is -0.369. The summed E-state index contributed by atoms with van der Waals surface area (Å²) < 4.78 is 3.26. The van der Waals surface area contributed by atoms with Crippen LogP contribution in [0.4, 0.5) is 0 Å². The highest BCUT2D eigenvalue weighted by atomic mass is 16.2. The molecule has 0 bridgehead atoms. The third kappa shape index (κ3) is 4.07. The van der Waals surface area contributed by atoms with Gasteiger partial charge < -0.3 is 10.3 Å². The molecule has 1 fully saturated rings. The van der Waals surface area contributed by atoms with Gasteiger partial charge in [0, 0.05) is 23.9 Å². The molecule has 0 aromatic carbocycles. The highest BCUT2D eigenvalue weighted by Crippen LogP contribution is 2.27. The number of H-pyrrole nitrogens is 1. The van der Waals surface area contributed by atoms with Crippen LogP contribution in [0.5, 0.6) is 0 Å². The first-order valence-electron chi connectivity index (χ1n) is 9.90. The number of hydrogen-bond donors (Lipinski definition) is 2. The van der Waals surface area contributed by atoms with E-state index in [1.165, 1.54) is 23.1 Å². The second-order valence-corrected chi connectivity index (χ2v) is 7.59. The molecule has 0 saturated heterocycles. The van der Waals surface area contributed by atoms with Gasteiger partial charge in [0.25, 0.3) is 17.0 Å². The van der Waals surface area contributed by atoms with Crippen molar-refractivity contribution in [2.75, 3.05) is 0 Å². The maximum absolute atomic E-state index is 12.4. The molecule has 0 spiro atoms. The van der Waals surface area contributed by atoms with E-state index in [9.17, 15) is 14.4 Å². The molecule has 0 atom stereocenters. The Morgan fingerprint density at radius 2 is 1.87 bits per heavy atom. The lowest BCUT2D eigenvalue weighted by Gasteiger charge is -2.29. The number of carbonyl (C=O) groups excluding carboxylic acids is 1. The van der Waals surface area contributed by atoms with E-state index in [4.69, 9.17) is 0 Å². The summed E-state index contributed by atoms with van der Waals surface area (Å²) in [6.07, 6.45) is 4.04.